The number of aliphatic hydroxyl groups is 1. The van der Waals surface area contributed by atoms with Crippen molar-refractivity contribution in [3.05, 3.63) is 11.6 Å². The van der Waals surface area contributed by atoms with Crippen LogP contribution in [0.4, 0.5) is 0 Å². The van der Waals surface area contributed by atoms with E-state index in [1.54, 1.807) is 6.08 Å². The summed E-state index contributed by atoms with van der Waals surface area (Å²) < 4.78 is 9.87. The van der Waals surface area contributed by atoms with Crippen LogP contribution in [0.5, 0.6) is 0 Å². The molecule has 0 amide bonds. The molecule has 2 bridgehead atoms. The maximum atomic E-state index is 12.2. The highest BCUT2D eigenvalue weighted by atomic mass is 16.5. The van der Waals surface area contributed by atoms with Crippen LogP contribution in [0.2, 0.25) is 0 Å². The molecule has 5 heteroatoms. The number of aliphatic hydroxyl groups excluding tert-OH is 1. The highest BCUT2D eigenvalue weighted by Gasteiger charge is 2.70. The third-order valence-electron chi connectivity index (χ3n) is 6.57. The minimum absolute atomic E-state index is 0.0146. The molecule has 122 valence electrons. The predicted molar refractivity (Wildman–Crippen MR) is 78.7 cm³/mol. The average molecular weight is 308 g/mol. The summed E-state index contributed by atoms with van der Waals surface area (Å²) in [7, 11) is 2.76. The molecule has 2 fully saturated rings. The van der Waals surface area contributed by atoms with E-state index in [2.05, 4.69) is 13.8 Å². The molecule has 3 aliphatic rings. The van der Waals surface area contributed by atoms with Gasteiger partial charge in [-0.25, -0.2) is 4.79 Å². The number of ether oxygens (including phenoxy) is 2. The Morgan fingerprint density at radius 1 is 1.23 bits per heavy atom. The van der Waals surface area contributed by atoms with Crippen LogP contribution in [0.1, 0.15) is 33.1 Å². The molecule has 0 unspecified atom stereocenters. The highest BCUT2D eigenvalue weighted by molar-refractivity contribution is 5.90. The van der Waals surface area contributed by atoms with Crippen molar-refractivity contribution in [1.82, 2.24) is 0 Å². The molecule has 0 aromatic heterocycles. The van der Waals surface area contributed by atoms with Gasteiger partial charge in [0, 0.05) is 11.0 Å². The Morgan fingerprint density at radius 2 is 1.91 bits per heavy atom. The number of carbonyl (C=O) groups excluding carboxylic acids is 2. The lowest BCUT2D eigenvalue weighted by Crippen LogP contribution is -2.45. The molecule has 22 heavy (non-hydrogen) atoms. The number of fused-ring (bicyclic) bond motifs is 1. The summed E-state index contributed by atoms with van der Waals surface area (Å²) in [6, 6.07) is 0. The molecule has 3 aliphatic carbocycles. The van der Waals surface area contributed by atoms with E-state index >= 15 is 0 Å². The molecular weight excluding hydrogens is 284 g/mol. The van der Waals surface area contributed by atoms with E-state index in [1.165, 1.54) is 14.2 Å². The quantitative estimate of drug-likeness (QED) is 0.786. The van der Waals surface area contributed by atoms with Crippen LogP contribution in [0, 0.1) is 28.6 Å². The van der Waals surface area contributed by atoms with Crippen LogP contribution >= 0.6 is 0 Å². The normalized spacial score (nSPS) is 41.6. The van der Waals surface area contributed by atoms with Gasteiger partial charge in [0.1, 0.15) is 0 Å². The third-order valence-corrected chi connectivity index (χ3v) is 6.57. The van der Waals surface area contributed by atoms with E-state index in [4.69, 9.17) is 9.47 Å². The molecule has 5 nitrogen and oxygen atoms in total. The lowest BCUT2D eigenvalue weighted by Gasteiger charge is -2.40. The zero-order valence-electron chi connectivity index (χ0n) is 13.6. The summed E-state index contributed by atoms with van der Waals surface area (Å²) in [5.74, 6) is -0.699. The minimum Gasteiger partial charge on any atom is -0.469 e. The predicted octanol–water partition coefficient (Wildman–Crippen LogP) is 1.69. The standard InChI is InChI=1S/C17H24O5/c1-16(2)11-8-17(13(18)7-9(11)14(19)21-3)10(15(20)22-4)5-6-12(16)17/h7,10-13,18H,5-6,8H2,1-4H3/t10-,11-,12-,13-,17+/m0/s1. The summed E-state index contributed by atoms with van der Waals surface area (Å²) in [4.78, 5) is 24.3. The van der Waals surface area contributed by atoms with Crippen molar-refractivity contribution in [1.29, 1.82) is 0 Å². The van der Waals surface area contributed by atoms with E-state index < -0.39 is 11.5 Å². The number of rotatable bonds is 2. The Morgan fingerprint density at radius 3 is 2.50 bits per heavy atom. The van der Waals surface area contributed by atoms with Gasteiger partial charge < -0.3 is 14.6 Å². The SMILES string of the molecule is COC(=O)C1=C[C@H](O)[C@@]23C[C@@H]1C(C)(C)[C@@H]2CC[C@H]3C(=O)OC. The zero-order chi connectivity index (χ0) is 16.3. The fourth-order valence-electron chi connectivity index (χ4n) is 5.62. The second kappa shape index (κ2) is 4.82. The molecule has 0 aromatic rings. The topological polar surface area (TPSA) is 72.8 Å². The van der Waals surface area contributed by atoms with Gasteiger partial charge in [-0.2, -0.15) is 0 Å². The molecule has 0 radical (unpaired) electrons. The second-order valence-electron chi connectivity index (χ2n) is 7.45. The molecule has 0 saturated heterocycles. The van der Waals surface area contributed by atoms with Crippen LogP contribution in [-0.4, -0.2) is 37.4 Å². The largest absolute Gasteiger partial charge is 0.469 e. The van der Waals surface area contributed by atoms with E-state index in [0.29, 0.717) is 12.0 Å². The third kappa shape index (κ3) is 1.69. The van der Waals surface area contributed by atoms with E-state index in [9.17, 15) is 14.7 Å². The summed E-state index contributed by atoms with van der Waals surface area (Å²) in [5.41, 5.74) is -0.0948. The Balaban J connectivity index is 2.10. The second-order valence-corrected chi connectivity index (χ2v) is 7.45. The summed E-state index contributed by atoms with van der Waals surface area (Å²) in [6.07, 6.45) is 3.08. The van der Waals surface area contributed by atoms with Gasteiger partial charge in [-0.3, -0.25) is 4.79 Å². The molecule has 5 atom stereocenters. The number of hydrogen-bond acceptors (Lipinski definition) is 5. The lowest BCUT2D eigenvalue weighted by molar-refractivity contribution is -0.153. The van der Waals surface area contributed by atoms with Gasteiger partial charge in [-0.15, -0.1) is 0 Å². The van der Waals surface area contributed by atoms with Crippen LogP contribution in [0.15, 0.2) is 11.6 Å². The van der Waals surface area contributed by atoms with Crippen LogP contribution in [0.3, 0.4) is 0 Å². The Labute approximate surface area is 130 Å². The first-order valence-electron chi connectivity index (χ1n) is 7.86. The molecule has 2 saturated carbocycles. The first-order chi connectivity index (χ1) is 10.3. The molecule has 3 rings (SSSR count). The first-order valence-corrected chi connectivity index (χ1v) is 7.86. The number of methoxy groups -OCH3 is 2. The van der Waals surface area contributed by atoms with Crippen molar-refractivity contribution in [3.63, 3.8) is 0 Å². The highest BCUT2D eigenvalue weighted by Crippen LogP contribution is 2.71. The maximum Gasteiger partial charge on any atom is 0.333 e. The first kappa shape index (κ1) is 15.5. The smallest absolute Gasteiger partial charge is 0.333 e. The molecular formula is C17H24O5. The van der Waals surface area contributed by atoms with Crippen molar-refractivity contribution in [2.45, 2.75) is 39.2 Å². The van der Waals surface area contributed by atoms with Gasteiger partial charge in [0.15, 0.2) is 0 Å². The zero-order valence-corrected chi connectivity index (χ0v) is 13.6. The van der Waals surface area contributed by atoms with E-state index in [1.807, 2.05) is 0 Å². The summed E-state index contributed by atoms with van der Waals surface area (Å²) >= 11 is 0. The fourth-order valence-corrected chi connectivity index (χ4v) is 5.62. The van der Waals surface area contributed by atoms with Crippen molar-refractivity contribution in [3.8, 4) is 0 Å². The van der Waals surface area contributed by atoms with Gasteiger partial charge in [-0.05, 0) is 42.6 Å². The number of carbonyl (C=O) groups is 2. The molecule has 0 aromatic carbocycles. The Bertz CT molecular complexity index is 549. The van der Waals surface area contributed by atoms with Crippen LogP contribution in [-0.2, 0) is 19.1 Å². The van der Waals surface area contributed by atoms with Crippen LogP contribution in [0.25, 0.3) is 0 Å². The Kier molecular flexibility index (Phi) is 3.40. The van der Waals surface area contributed by atoms with Crippen molar-refractivity contribution < 1.29 is 24.2 Å². The molecule has 0 aliphatic heterocycles. The Hall–Kier alpha value is -1.36. The lowest BCUT2D eigenvalue weighted by atomic mass is 9.65. The number of esters is 2. The van der Waals surface area contributed by atoms with Crippen molar-refractivity contribution in [2.75, 3.05) is 14.2 Å². The molecule has 0 heterocycles. The monoisotopic (exact) mass is 308 g/mol. The molecule has 1 spiro atoms. The van der Waals surface area contributed by atoms with Gasteiger partial charge in [-0.1, -0.05) is 13.8 Å². The average Bonchev–Trinajstić information content (AvgIpc) is 2.96. The van der Waals surface area contributed by atoms with Crippen molar-refractivity contribution >= 4 is 11.9 Å². The van der Waals surface area contributed by atoms with Gasteiger partial charge in [0.25, 0.3) is 0 Å². The fraction of sp³-hybridized carbons (Fsp3) is 0.765. The van der Waals surface area contributed by atoms with Crippen LogP contribution < -0.4 is 0 Å². The summed E-state index contributed by atoms with van der Waals surface area (Å²) in [6.45, 7) is 4.27. The maximum absolute atomic E-state index is 12.2. The van der Waals surface area contributed by atoms with Crippen molar-refractivity contribution in [2.24, 2.45) is 28.6 Å². The van der Waals surface area contributed by atoms with E-state index in [0.717, 1.165) is 12.8 Å². The summed E-state index contributed by atoms with van der Waals surface area (Å²) in [5, 5.41) is 10.8. The van der Waals surface area contributed by atoms with Gasteiger partial charge in [0.05, 0.1) is 26.2 Å². The van der Waals surface area contributed by atoms with Gasteiger partial charge in [0.2, 0.25) is 0 Å². The number of hydrogen-bond donors (Lipinski definition) is 1. The van der Waals surface area contributed by atoms with Gasteiger partial charge >= 0.3 is 11.9 Å². The van der Waals surface area contributed by atoms with E-state index in [-0.39, 0.29) is 35.1 Å². The minimum atomic E-state index is -0.809. The molecule has 1 N–H and O–H groups in total.